The summed E-state index contributed by atoms with van der Waals surface area (Å²) in [5, 5.41) is 11.3. The van der Waals surface area contributed by atoms with Gasteiger partial charge in [-0.05, 0) is 17.7 Å². The molecule has 0 saturated heterocycles. The summed E-state index contributed by atoms with van der Waals surface area (Å²) in [5.41, 5.74) is 1.46. The van der Waals surface area contributed by atoms with Gasteiger partial charge in [0.15, 0.2) is 0 Å². The average molecular weight is 256 g/mol. The Morgan fingerprint density at radius 2 is 1.32 bits per heavy atom. The summed E-state index contributed by atoms with van der Waals surface area (Å²) in [6.45, 7) is 8.00. The van der Waals surface area contributed by atoms with E-state index in [0.29, 0.717) is 5.56 Å². The Bertz CT molecular complexity index is 464. The Hall–Kier alpha value is -2.09. The van der Waals surface area contributed by atoms with Gasteiger partial charge in [-0.2, -0.15) is 0 Å². The molecular weight excluding hydrogens is 234 g/mol. The van der Waals surface area contributed by atoms with E-state index in [1.54, 1.807) is 18.3 Å². The summed E-state index contributed by atoms with van der Waals surface area (Å²) < 4.78 is 0. The van der Waals surface area contributed by atoms with Crippen LogP contribution in [0.15, 0.2) is 59.6 Å². The zero-order chi connectivity index (χ0) is 14.5. The fourth-order valence-electron chi connectivity index (χ4n) is 1.25. The average Bonchev–Trinajstić information content (AvgIpc) is 2.52. The summed E-state index contributed by atoms with van der Waals surface area (Å²) in [6, 6.07) is 16.4. The highest BCUT2D eigenvalue weighted by Crippen LogP contribution is 2.13. The normalized spacial score (nSPS) is 9.05. The molecule has 0 spiro atoms. The van der Waals surface area contributed by atoms with Crippen LogP contribution in [0.5, 0.6) is 5.75 Å². The number of hydrogen-bond donors (Lipinski definition) is 0. The van der Waals surface area contributed by atoms with Crippen LogP contribution >= 0.6 is 0 Å². The minimum atomic E-state index is -0.00261. The third-order valence-corrected chi connectivity index (χ3v) is 2.03. The molecule has 2 heteroatoms. The smallest absolute Gasteiger partial charge is 0.0629 e. The van der Waals surface area contributed by atoms with Gasteiger partial charge in [-0.3, -0.25) is 4.99 Å². The zero-order valence-corrected chi connectivity index (χ0v) is 12.1. The SMILES string of the molecule is CC.CC.[O-]c1ccccc1C=Nc1ccccc1. The van der Waals surface area contributed by atoms with Gasteiger partial charge in [-0.15, -0.1) is 5.75 Å². The number of para-hydroxylation sites is 2. The summed E-state index contributed by atoms with van der Waals surface area (Å²) in [4.78, 5) is 4.21. The van der Waals surface area contributed by atoms with E-state index in [1.165, 1.54) is 6.07 Å². The molecule has 0 radical (unpaired) electrons. The monoisotopic (exact) mass is 256 g/mol. The minimum Gasteiger partial charge on any atom is -0.872 e. The zero-order valence-electron chi connectivity index (χ0n) is 12.1. The van der Waals surface area contributed by atoms with Crippen molar-refractivity contribution in [3.63, 3.8) is 0 Å². The van der Waals surface area contributed by atoms with Crippen LogP contribution < -0.4 is 5.11 Å². The van der Waals surface area contributed by atoms with Crippen molar-refractivity contribution in [2.45, 2.75) is 27.7 Å². The number of benzene rings is 2. The maximum atomic E-state index is 11.3. The fraction of sp³-hybridized carbons (Fsp3) is 0.235. The van der Waals surface area contributed by atoms with Crippen molar-refractivity contribution in [3.05, 3.63) is 60.2 Å². The van der Waals surface area contributed by atoms with Crippen LogP contribution in [-0.4, -0.2) is 6.21 Å². The summed E-state index contributed by atoms with van der Waals surface area (Å²) in [6.07, 6.45) is 1.59. The maximum Gasteiger partial charge on any atom is 0.0629 e. The highest BCUT2D eigenvalue weighted by atomic mass is 16.3. The second-order valence-electron chi connectivity index (χ2n) is 3.13. The van der Waals surface area contributed by atoms with E-state index >= 15 is 0 Å². The highest BCUT2D eigenvalue weighted by molar-refractivity contribution is 5.84. The quantitative estimate of drug-likeness (QED) is 0.725. The molecule has 0 aliphatic carbocycles. The van der Waals surface area contributed by atoms with Gasteiger partial charge in [0.1, 0.15) is 0 Å². The van der Waals surface area contributed by atoms with Crippen molar-refractivity contribution < 1.29 is 5.11 Å². The molecule has 0 bridgehead atoms. The molecule has 0 aliphatic heterocycles. The predicted octanol–water partition coefficient (Wildman–Crippen LogP) is 4.56. The Kier molecular flexibility index (Phi) is 9.81. The van der Waals surface area contributed by atoms with Crippen molar-refractivity contribution >= 4 is 11.9 Å². The third kappa shape index (κ3) is 6.41. The van der Waals surface area contributed by atoms with Crippen molar-refractivity contribution in [1.82, 2.24) is 0 Å². The van der Waals surface area contributed by atoms with E-state index in [9.17, 15) is 5.11 Å². The standard InChI is InChI=1S/C13H11NO.2C2H6/c15-13-9-5-4-6-11(13)10-14-12-7-2-1-3-8-12;2*1-2/h1-10,15H;2*1-2H3/p-1. The molecule has 2 aromatic rings. The van der Waals surface area contributed by atoms with Crippen LogP contribution in [0.3, 0.4) is 0 Å². The molecule has 2 aromatic carbocycles. The second kappa shape index (κ2) is 11.0. The summed E-state index contributed by atoms with van der Waals surface area (Å²) in [5.74, 6) is -0.00261. The van der Waals surface area contributed by atoms with E-state index in [2.05, 4.69) is 4.99 Å². The third-order valence-electron chi connectivity index (χ3n) is 2.03. The van der Waals surface area contributed by atoms with Gasteiger partial charge in [0.2, 0.25) is 0 Å². The molecular formula is C17H22NO-. The van der Waals surface area contributed by atoms with Crippen molar-refractivity contribution in [2.24, 2.45) is 4.99 Å². The molecule has 19 heavy (non-hydrogen) atoms. The fourth-order valence-corrected chi connectivity index (χ4v) is 1.25. The molecule has 0 heterocycles. The Labute approximate surface area is 116 Å². The molecule has 2 rings (SSSR count). The van der Waals surface area contributed by atoms with Crippen LogP contribution in [0.1, 0.15) is 33.3 Å². The molecule has 102 valence electrons. The molecule has 0 atom stereocenters. The summed E-state index contributed by atoms with van der Waals surface area (Å²) >= 11 is 0. The molecule has 0 aromatic heterocycles. The van der Waals surface area contributed by atoms with Gasteiger partial charge in [0.25, 0.3) is 0 Å². The molecule has 0 amide bonds. The first-order valence-electron chi connectivity index (χ1n) is 6.71. The molecule has 0 saturated carbocycles. The van der Waals surface area contributed by atoms with Crippen LogP contribution in [-0.2, 0) is 0 Å². The van der Waals surface area contributed by atoms with Crippen LogP contribution in [0, 0.1) is 0 Å². The lowest BCUT2D eigenvalue weighted by molar-refractivity contribution is -0.268. The lowest BCUT2D eigenvalue weighted by atomic mass is 10.2. The summed E-state index contributed by atoms with van der Waals surface area (Å²) in [7, 11) is 0. The second-order valence-corrected chi connectivity index (χ2v) is 3.13. The lowest BCUT2D eigenvalue weighted by Gasteiger charge is -2.07. The largest absolute Gasteiger partial charge is 0.872 e. The van der Waals surface area contributed by atoms with E-state index < -0.39 is 0 Å². The van der Waals surface area contributed by atoms with Crippen LogP contribution in [0.25, 0.3) is 0 Å². The first-order chi connectivity index (χ1) is 9.36. The Morgan fingerprint density at radius 3 is 1.89 bits per heavy atom. The minimum absolute atomic E-state index is 0.00261. The Morgan fingerprint density at radius 1 is 0.789 bits per heavy atom. The Balaban J connectivity index is 0.000000741. The van der Waals surface area contributed by atoms with Gasteiger partial charge >= 0.3 is 0 Å². The van der Waals surface area contributed by atoms with Gasteiger partial charge in [-0.25, -0.2) is 0 Å². The highest BCUT2D eigenvalue weighted by Gasteiger charge is 1.88. The van der Waals surface area contributed by atoms with E-state index in [4.69, 9.17) is 0 Å². The maximum absolute atomic E-state index is 11.3. The van der Waals surface area contributed by atoms with Crippen molar-refractivity contribution in [1.29, 1.82) is 0 Å². The molecule has 0 fully saturated rings. The van der Waals surface area contributed by atoms with Gasteiger partial charge < -0.3 is 5.11 Å². The molecule has 2 nitrogen and oxygen atoms in total. The molecule has 0 aliphatic rings. The van der Waals surface area contributed by atoms with E-state index in [1.807, 2.05) is 64.1 Å². The van der Waals surface area contributed by atoms with E-state index in [0.717, 1.165) is 5.69 Å². The van der Waals surface area contributed by atoms with Gasteiger partial charge in [0.05, 0.1) is 5.69 Å². The predicted molar refractivity (Wildman–Crippen MR) is 82.3 cm³/mol. The number of nitrogens with zero attached hydrogens (tertiary/aromatic N) is 1. The molecule has 0 unspecified atom stereocenters. The van der Waals surface area contributed by atoms with E-state index in [-0.39, 0.29) is 5.75 Å². The van der Waals surface area contributed by atoms with Crippen LogP contribution in [0.2, 0.25) is 0 Å². The van der Waals surface area contributed by atoms with Crippen molar-refractivity contribution in [3.8, 4) is 5.75 Å². The number of aliphatic imine (C=N–C) groups is 1. The first-order valence-corrected chi connectivity index (χ1v) is 6.71. The van der Waals surface area contributed by atoms with Gasteiger partial charge in [-0.1, -0.05) is 70.2 Å². The lowest BCUT2D eigenvalue weighted by Crippen LogP contribution is -1.94. The number of rotatable bonds is 2. The van der Waals surface area contributed by atoms with Crippen LogP contribution in [0.4, 0.5) is 5.69 Å². The van der Waals surface area contributed by atoms with Gasteiger partial charge in [0, 0.05) is 6.21 Å². The number of hydrogen-bond acceptors (Lipinski definition) is 2. The van der Waals surface area contributed by atoms with Crippen molar-refractivity contribution in [2.75, 3.05) is 0 Å². The first kappa shape index (κ1) is 16.9. The topological polar surface area (TPSA) is 35.4 Å². The molecule has 0 N–H and O–H groups in total.